The highest BCUT2D eigenvalue weighted by Crippen LogP contribution is 2.00. The smallest absolute Gasteiger partial charge is 0.220 e. The van der Waals surface area contributed by atoms with E-state index in [0.717, 1.165) is 58.0 Å². The number of allylic oxidation sites excluding steroid dienone is 12. The van der Waals surface area contributed by atoms with Gasteiger partial charge in [-0.25, -0.2) is 0 Å². The second-order valence-electron chi connectivity index (χ2n) is 7.21. The number of rotatable bonds is 16. The number of carbonyl (C=O) groups excluding carboxylic acids is 1. The summed E-state index contributed by atoms with van der Waals surface area (Å²) in [7, 11) is 0. The van der Waals surface area contributed by atoms with Crippen LogP contribution in [0.1, 0.15) is 58.3 Å². The molecule has 0 aromatic carbocycles. The lowest BCUT2D eigenvalue weighted by Gasteiger charge is -2.20. The van der Waals surface area contributed by atoms with Crippen LogP contribution in [0.3, 0.4) is 0 Å². The first-order valence-electron chi connectivity index (χ1n) is 11.4. The zero-order chi connectivity index (χ0) is 21.5. The topological polar surface area (TPSA) is 32.3 Å². The summed E-state index contributed by atoms with van der Waals surface area (Å²) >= 11 is 0. The predicted octanol–water partition coefficient (Wildman–Crippen LogP) is 6.41. The summed E-state index contributed by atoms with van der Waals surface area (Å²) < 4.78 is 0. The van der Waals surface area contributed by atoms with Gasteiger partial charge in [-0.2, -0.15) is 0 Å². The highest BCUT2D eigenvalue weighted by Gasteiger charge is 2.02. The van der Waals surface area contributed by atoms with Crippen LogP contribution < -0.4 is 5.32 Å². The summed E-state index contributed by atoms with van der Waals surface area (Å²) in [4.78, 5) is 14.0. The molecule has 0 aliphatic carbocycles. The second-order valence-corrected chi connectivity index (χ2v) is 7.21. The molecule has 3 heteroatoms. The zero-order valence-corrected chi connectivity index (χ0v) is 18.7. The van der Waals surface area contributed by atoms with E-state index >= 15 is 0 Å². The maximum absolute atomic E-state index is 11.8. The molecule has 0 aromatic rings. The largest absolute Gasteiger partial charge is 0.372 e. The van der Waals surface area contributed by atoms with Gasteiger partial charge in [0.2, 0.25) is 5.91 Å². The fourth-order valence-corrected chi connectivity index (χ4v) is 2.85. The highest BCUT2D eigenvalue weighted by atomic mass is 16.1. The Morgan fingerprint density at radius 3 is 2.03 bits per heavy atom. The van der Waals surface area contributed by atoms with Gasteiger partial charge >= 0.3 is 0 Å². The zero-order valence-electron chi connectivity index (χ0n) is 18.7. The number of nitrogens with one attached hydrogen (secondary N) is 1. The molecule has 1 aliphatic heterocycles. The van der Waals surface area contributed by atoms with E-state index in [2.05, 4.69) is 90.2 Å². The molecule has 1 rings (SSSR count). The maximum atomic E-state index is 11.8. The van der Waals surface area contributed by atoms with Gasteiger partial charge in [-0.05, 0) is 57.2 Å². The van der Waals surface area contributed by atoms with E-state index in [4.69, 9.17) is 0 Å². The first-order chi connectivity index (χ1) is 14.8. The Morgan fingerprint density at radius 2 is 1.47 bits per heavy atom. The Labute approximate surface area is 184 Å². The van der Waals surface area contributed by atoms with E-state index in [-0.39, 0.29) is 5.91 Å². The van der Waals surface area contributed by atoms with Crippen LogP contribution in [-0.4, -0.2) is 30.4 Å². The predicted molar refractivity (Wildman–Crippen MR) is 131 cm³/mol. The minimum atomic E-state index is 0.152. The SMILES string of the molecule is CC/C=C\C/C=C\C/C=C\C/C=C\C/C=C\CCCC(=O)NCCN1C=CC=CC1. The summed E-state index contributed by atoms with van der Waals surface area (Å²) in [5.41, 5.74) is 0. The van der Waals surface area contributed by atoms with Crippen molar-refractivity contribution in [2.75, 3.05) is 19.6 Å². The van der Waals surface area contributed by atoms with Crippen molar-refractivity contribution in [3.8, 4) is 0 Å². The minimum Gasteiger partial charge on any atom is -0.372 e. The molecule has 3 nitrogen and oxygen atoms in total. The number of hydrogen-bond acceptors (Lipinski definition) is 2. The van der Waals surface area contributed by atoms with Crippen molar-refractivity contribution in [1.29, 1.82) is 0 Å². The molecule has 0 fully saturated rings. The quantitative estimate of drug-likeness (QED) is 0.236. The molecule has 0 atom stereocenters. The third-order valence-electron chi connectivity index (χ3n) is 4.54. The van der Waals surface area contributed by atoms with Crippen molar-refractivity contribution in [2.24, 2.45) is 0 Å². The Kier molecular flexibility index (Phi) is 16.8. The molecule has 0 spiro atoms. The number of unbranched alkanes of at least 4 members (excludes halogenated alkanes) is 1. The number of carbonyl (C=O) groups is 1. The summed E-state index contributed by atoms with van der Waals surface area (Å²) in [6.45, 7) is 4.65. The Hall–Kier alpha value is -2.55. The summed E-state index contributed by atoms with van der Waals surface area (Å²) in [5, 5.41) is 3.00. The van der Waals surface area contributed by atoms with E-state index in [0.29, 0.717) is 13.0 Å². The minimum absolute atomic E-state index is 0.152. The third kappa shape index (κ3) is 16.4. The van der Waals surface area contributed by atoms with Crippen LogP contribution in [0, 0.1) is 0 Å². The standard InChI is InChI=1S/C27H40N2O/c1-2-3-4-5-6-7-8-9-10-11-12-13-14-15-16-17-19-22-27(30)28-23-26-29-24-20-18-21-25-29/h3-4,6-7,9-10,12-13,15-16,18,20-21,24H,2,5,8,11,14,17,19,22-23,25-26H2,1H3,(H,28,30)/b4-3-,7-6-,10-9-,13-12-,16-15-. The van der Waals surface area contributed by atoms with Gasteiger partial charge in [-0.3, -0.25) is 4.79 Å². The maximum Gasteiger partial charge on any atom is 0.220 e. The summed E-state index contributed by atoms with van der Waals surface area (Å²) in [6, 6.07) is 0. The van der Waals surface area contributed by atoms with Crippen molar-refractivity contribution in [1.82, 2.24) is 10.2 Å². The Morgan fingerprint density at radius 1 is 0.867 bits per heavy atom. The normalized spacial score (nSPS) is 14.5. The monoisotopic (exact) mass is 408 g/mol. The van der Waals surface area contributed by atoms with Gasteiger partial charge in [-0.1, -0.05) is 79.8 Å². The van der Waals surface area contributed by atoms with Gasteiger partial charge in [0.25, 0.3) is 0 Å². The van der Waals surface area contributed by atoms with Gasteiger partial charge in [0.05, 0.1) is 0 Å². The van der Waals surface area contributed by atoms with Crippen molar-refractivity contribution < 1.29 is 4.79 Å². The molecule has 0 radical (unpaired) electrons. The van der Waals surface area contributed by atoms with Crippen LogP contribution >= 0.6 is 0 Å². The van der Waals surface area contributed by atoms with Crippen molar-refractivity contribution >= 4 is 5.91 Å². The van der Waals surface area contributed by atoms with Crippen molar-refractivity contribution in [3.63, 3.8) is 0 Å². The van der Waals surface area contributed by atoms with Gasteiger partial charge in [0.15, 0.2) is 0 Å². The average Bonchev–Trinajstić information content (AvgIpc) is 2.76. The molecule has 0 saturated heterocycles. The molecule has 0 unspecified atom stereocenters. The van der Waals surface area contributed by atoms with Gasteiger partial charge in [0, 0.05) is 26.1 Å². The van der Waals surface area contributed by atoms with Crippen LogP contribution in [0.15, 0.2) is 85.2 Å². The molecule has 1 heterocycles. The Bertz CT molecular complexity index is 635. The molecule has 0 aromatic heterocycles. The number of nitrogens with zero attached hydrogens (tertiary/aromatic N) is 1. The fourth-order valence-electron chi connectivity index (χ4n) is 2.85. The van der Waals surface area contributed by atoms with E-state index in [1.165, 1.54) is 0 Å². The van der Waals surface area contributed by atoms with Crippen LogP contribution in [0.4, 0.5) is 0 Å². The van der Waals surface area contributed by atoms with Crippen molar-refractivity contribution in [3.05, 3.63) is 85.2 Å². The molecular formula is C27H40N2O. The van der Waals surface area contributed by atoms with E-state index in [1.54, 1.807) is 0 Å². The molecule has 164 valence electrons. The summed E-state index contributed by atoms with van der Waals surface area (Å²) in [6.07, 6.45) is 37.8. The van der Waals surface area contributed by atoms with E-state index in [1.807, 2.05) is 12.2 Å². The first kappa shape index (κ1) is 25.5. The average molecular weight is 409 g/mol. The molecule has 1 amide bonds. The Balaban J connectivity index is 1.91. The number of amides is 1. The van der Waals surface area contributed by atoms with Crippen molar-refractivity contribution in [2.45, 2.75) is 58.3 Å². The summed E-state index contributed by atoms with van der Waals surface area (Å²) in [5.74, 6) is 0.152. The first-order valence-corrected chi connectivity index (χ1v) is 11.4. The molecular weight excluding hydrogens is 368 g/mol. The van der Waals surface area contributed by atoms with Gasteiger partial charge in [0.1, 0.15) is 0 Å². The third-order valence-corrected chi connectivity index (χ3v) is 4.54. The lowest BCUT2D eigenvalue weighted by Crippen LogP contribution is -2.32. The van der Waals surface area contributed by atoms with Crippen LogP contribution in [0.5, 0.6) is 0 Å². The molecule has 1 N–H and O–H groups in total. The van der Waals surface area contributed by atoms with Crippen LogP contribution in [-0.2, 0) is 4.79 Å². The van der Waals surface area contributed by atoms with Gasteiger partial charge < -0.3 is 10.2 Å². The van der Waals surface area contributed by atoms with Crippen LogP contribution in [0.25, 0.3) is 0 Å². The molecule has 0 saturated carbocycles. The van der Waals surface area contributed by atoms with Crippen LogP contribution in [0.2, 0.25) is 0 Å². The lowest BCUT2D eigenvalue weighted by molar-refractivity contribution is -0.121. The molecule has 0 bridgehead atoms. The molecule has 1 aliphatic rings. The fraction of sp³-hybridized carbons (Fsp3) is 0.444. The van der Waals surface area contributed by atoms with E-state index in [9.17, 15) is 4.79 Å². The van der Waals surface area contributed by atoms with E-state index < -0.39 is 0 Å². The molecule has 30 heavy (non-hydrogen) atoms. The number of hydrogen-bond donors (Lipinski definition) is 1. The second kappa shape index (κ2) is 19.8. The van der Waals surface area contributed by atoms with Gasteiger partial charge in [-0.15, -0.1) is 0 Å². The lowest BCUT2D eigenvalue weighted by atomic mass is 10.2. The highest BCUT2D eigenvalue weighted by molar-refractivity contribution is 5.75.